The van der Waals surface area contributed by atoms with Gasteiger partial charge < -0.3 is 10.1 Å². The fraction of sp³-hybridized carbons (Fsp3) is 0.333. The first-order valence-electron chi connectivity index (χ1n) is 12.6. The highest BCUT2D eigenvalue weighted by atomic mass is 35.5. The SMILES string of the molecule is COC(=O)c1ccc(CN(C(=O)NC(C)c2ccc(Cl)cc2)c2ccc(C3CCCCC3)cc2)cc1. The molecule has 0 radical (unpaired) electrons. The zero-order valence-electron chi connectivity index (χ0n) is 20.9. The summed E-state index contributed by atoms with van der Waals surface area (Å²) in [6, 6.07) is 22.7. The number of esters is 1. The predicted molar refractivity (Wildman–Crippen MR) is 145 cm³/mol. The van der Waals surface area contributed by atoms with Gasteiger partial charge in [0.1, 0.15) is 0 Å². The summed E-state index contributed by atoms with van der Waals surface area (Å²) in [6.45, 7) is 2.32. The molecule has 0 saturated heterocycles. The average molecular weight is 505 g/mol. The summed E-state index contributed by atoms with van der Waals surface area (Å²) in [5.74, 6) is 0.220. The van der Waals surface area contributed by atoms with E-state index in [1.54, 1.807) is 17.0 Å². The Hall–Kier alpha value is -3.31. The minimum atomic E-state index is -0.383. The third kappa shape index (κ3) is 6.46. The van der Waals surface area contributed by atoms with E-state index in [2.05, 4.69) is 17.4 Å². The zero-order chi connectivity index (χ0) is 25.5. The van der Waals surface area contributed by atoms with Crippen LogP contribution in [0.15, 0.2) is 72.8 Å². The lowest BCUT2D eigenvalue weighted by molar-refractivity contribution is 0.0600. The summed E-state index contributed by atoms with van der Waals surface area (Å²) >= 11 is 6.03. The van der Waals surface area contributed by atoms with Gasteiger partial charge in [0.25, 0.3) is 0 Å². The van der Waals surface area contributed by atoms with Gasteiger partial charge in [-0.3, -0.25) is 4.90 Å². The number of urea groups is 1. The number of rotatable bonds is 7. The first-order valence-corrected chi connectivity index (χ1v) is 12.9. The Kier molecular flexibility index (Phi) is 8.65. The standard InChI is InChI=1S/C30H33ClN2O3/c1-21(23-12-16-27(31)17-13-23)32-30(35)33(20-22-8-10-26(11-9-22)29(34)36-2)28-18-14-25(15-19-28)24-6-4-3-5-7-24/h8-19,21,24H,3-7,20H2,1-2H3,(H,32,35). The Balaban J connectivity index is 1.55. The number of halogens is 1. The van der Waals surface area contributed by atoms with E-state index in [9.17, 15) is 9.59 Å². The fourth-order valence-electron chi connectivity index (χ4n) is 4.79. The van der Waals surface area contributed by atoms with Crippen LogP contribution in [0.1, 0.15) is 78.0 Å². The van der Waals surface area contributed by atoms with E-state index in [1.165, 1.54) is 44.8 Å². The first-order chi connectivity index (χ1) is 17.4. The summed E-state index contributed by atoms with van der Waals surface area (Å²) in [5, 5.41) is 3.78. The maximum absolute atomic E-state index is 13.5. The number of hydrogen-bond donors (Lipinski definition) is 1. The van der Waals surface area contributed by atoms with Crippen molar-refractivity contribution in [2.24, 2.45) is 0 Å². The van der Waals surface area contributed by atoms with Gasteiger partial charge >= 0.3 is 12.0 Å². The van der Waals surface area contributed by atoms with Crippen LogP contribution in [0.2, 0.25) is 5.02 Å². The topological polar surface area (TPSA) is 58.6 Å². The summed E-state index contributed by atoms with van der Waals surface area (Å²) in [4.78, 5) is 27.1. The molecule has 0 aliphatic heterocycles. The molecule has 1 atom stereocenters. The lowest BCUT2D eigenvalue weighted by atomic mass is 9.84. The quantitative estimate of drug-likeness (QED) is 0.336. The van der Waals surface area contributed by atoms with Crippen molar-refractivity contribution in [1.82, 2.24) is 5.32 Å². The fourth-order valence-corrected chi connectivity index (χ4v) is 4.91. The van der Waals surface area contributed by atoms with Crippen LogP contribution in [0.25, 0.3) is 0 Å². The monoisotopic (exact) mass is 504 g/mol. The van der Waals surface area contributed by atoms with Crippen molar-refractivity contribution in [1.29, 1.82) is 0 Å². The number of nitrogens with one attached hydrogen (secondary N) is 1. The second-order valence-corrected chi connectivity index (χ2v) is 9.86. The van der Waals surface area contributed by atoms with Gasteiger partial charge in [0.05, 0.1) is 25.3 Å². The number of methoxy groups -OCH3 is 1. The van der Waals surface area contributed by atoms with E-state index in [0.717, 1.165) is 16.8 Å². The predicted octanol–water partition coefficient (Wildman–Crippen LogP) is 7.65. The van der Waals surface area contributed by atoms with Gasteiger partial charge in [-0.1, -0.05) is 67.3 Å². The number of amides is 2. The van der Waals surface area contributed by atoms with Crippen molar-refractivity contribution < 1.29 is 14.3 Å². The Labute approximate surface area is 218 Å². The molecule has 6 heteroatoms. The number of carbonyl (C=O) groups excluding carboxylic acids is 2. The Bertz CT molecular complexity index is 1150. The van der Waals surface area contributed by atoms with Crippen LogP contribution in [-0.4, -0.2) is 19.1 Å². The van der Waals surface area contributed by atoms with Crippen molar-refractivity contribution in [3.63, 3.8) is 0 Å². The van der Waals surface area contributed by atoms with Gasteiger partial charge in [-0.2, -0.15) is 0 Å². The van der Waals surface area contributed by atoms with E-state index in [-0.39, 0.29) is 18.0 Å². The maximum atomic E-state index is 13.5. The van der Waals surface area contributed by atoms with E-state index in [0.29, 0.717) is 23.0 Å². The largest absolute Gasteiger partial charge is 0.465 e. The van der Waals surface area contributed by atoms with E-state index in [1.807, 2.05) is 55.5 Å². The number of benzene rings is 3. The van der Waals surface area contributed by atoms with Crippen LogP contribution < -0.4 is 10.2 Å². The van der Waals surface area contributed by atoms with Crippen LogP contribution >= 0.6 is 11.6 Å². The highest BCUT2D eigenvalue weighted by molar-refractivity contribution is 6.30. The minimum absolute atomic E-state index is 0.194. The van der Waals surface area contributed by atoms with E-state index >= 15 is 0 Å². The van der Waals surface area contributed by atoms with Gasteiger partial charge in [0.15, 0.2) is 0 Å². The van der Waals surface area contributed by atoms with Crippen molar-refractivity contribution >= 4 is 29.3 Å². The molecule has 0 spiro atoms. The highest BCUT2D eigenvalue weighted by Gasteiger charge is 2.21. The average Bonchev–Trinajstić information content (AvgIpc) is 2.92. The van der Waals surface area contributed by atoms with Crippen molar-refractivity contribution in [3.05, 3.63) is 100 Å². The van der Waals surface area contributed by atoms with Crippen LogP contribution in [0.4, 0.5) is 10.5 Å². The van der Waals surface area contributed by atoms with Crippen molar-refractivity contribution in [3.8, 4) is 0 Å². The molecule has 0 bridgehead atoms. The lowest BCUT2D eigenvalue weighted by Crippen LogP contribution is -2.40. The molecule has 1 N–H and O–H groups in total. The molecule has 1 aliphatic rings. The summed E-state index contributed by atoms with van der Waals surface area (Å²) < 4.78 is 4.80. The van der Waals surface area contributed by atoms with Crippen LogP contribution in [-0.2, 0) is 11.3 Å². The maximum Gasteiger partial charge on any atom is 0.337 e. The second-order valence-electron chi connectivity index (χ2n) is 9.42. The molecular formula is C30H33ClN2O3. The number of nitrogens with zero attached hydrogens (tertiary/aromatic N) is 1. The van der Waals surface area contributed by atoms with Crippen molar-refractivity contribution in [2.75, 3.05) is 12.0 Å². The van der Waals surface area contributed by atoms with E-state index < -0.39 is 0 Å². The summed E-state index contributed by atoms with van der Waals surface area (Å²) in [6.07, 6.45) is 6.35. The Morgan fingerprint density at radius 3 is 2.19 bits per heavy atom. The smallest absolute Gasteiger partial charge is 0.337 e. The number of anilines is 1. The minimum Gasteiger partial charge on any atom is -0.465 e. The molecule has 0 heterocycles. The number of ether oxygens (including phenoxy) is 1. The van der Waals surface area contributed by atoms with Crippen LogP contribution in [0.3, 0.4) is 0 Å². The molecule has 1 unspecified atom stereocenters. The third-order valence-corrected chi connectivity index (χ3v) is 7.20. The molecule has 5 nitrogen and oxygen atoms in total. The normalized spacial score (nSPS) is 14.6. The first kappa shape index (κ1) is 25.8. The molecule has 3 aromatic carbocycles. The Morgan fingerprint density at radius 1 is 0.944 bits per heavy atom. The number of carbonyl (C=O) groups is 2. The molecule has 0 aromatic heterocycles. The highest BCUT2D eigenvalue weighted by Crippen LogP contribution is 2.33. The van der Waals surface area contributed by atoms with Crippen LogP contribution in [0, 0.1) is 0 Å². The van der Waals surface area contributed by atoms with Gasteiger partial charge in [-0.05, 0) is 78.8 Å². The van der Waals surface area contributed by atoms with Gasteiger partial charge in [0, 0.05) is 10.7 Å². The molecular weight excluding hydrogens is 472 g/mol. The van der Waals surface area contributed by atoms with Gasteiger partial charge in [-0.25, -0.2) is 9.59 Å². The lowest BCUT2D eigenvalue weighted by Gasteiger charge is -2.27. The molecule has 188 valence electrons. The second kappa shape index (κ2) is 12.1. The number of hydrogen-bond acceptors (Lipinski definition) is 3. The molecule has 4 rings (SSSR count). The molecule has 2 amide bonds. The van der Waals surface area contributed by atoms with Crippen LogP contribution in [0.5, 0.6) is 0 Å². The summed E-state index contributed by atoms with van der Waals surface area (Å²) in [7, 11) is 1.36. The van der Waals surface area contributed by atoms with Gasteiger partial charge in [0.2, 0.25) is 0 Å². The van der Waals surface area contributed by atoms with Crippen molar-refractivity contribution in [2.45, 2.75) is 57.5 Å². The zero-order valence-corrected chi connectivity index (χ0v) is 21.6. The van der Waals surface area contributed by atoms with Gasteiger partial charge in [-0.15, -0.1) is 0 Å². The molecule has 3 aromatic rings. The Morgan fingerprint density at radius 2 is 1.58 bits per heavy atom. The van der Waals surface area contributed by atoms with E-state index in [4.69, 9.17) is 16.3 Å². The third-order valence-electron chi connectivity index (χ3n) is 6.95. The molecule has 36 heavy (non-hydrogen) atoms. The summed E-state index contributed by atoms with van der Waals surface area (Å²) in [5.41, 5.74) is 4.53. The molecule has 1 saturated carbocycles. The molecule has 1 aliphatic carbocycles. The molecule has 1 fully saturated rings.